The van der Waals surface area contributed by atoms with Gasteiger partial charge in [-0.3, -0.25) is 4.79 Å². The molecule has 0 radical (unpaired) electrons. The Morgan fingerprint density at radius 2 is 1.86 bits per heavy atom. The molecule has 4 fully saturated rings. The van der Waals surface area contributed by atoms with Crippen molar-refractivity contribution >= 4 is 17.5 Å². The molecule has 0 amide bonds. The van der Waals surface area contributed by atoms with Gasteiger partial charge in [0, 0.05) is 5.41 Å². The Morgan fingerprint density at radius 1 is 1.21 bits per heavy atom. The lowest BCUT2D eigenvalue weighted by atomic mass is 9.48. The molecule has 1 aromatic heterocycles. The molecule has 0 spiro atoms. The SMILES string of the molecule is COc1ccc(C)cc1-n1nnnc1SC(C)C(=O)C12CC3CC(CC(C3)C1)C2. The summed E-state index contributed by atoms with van der Waals surface area (Å²) >= 11 is 1.48. The molecule has 6 nitrogen and oxygen atoms in total. The Kier molecular flexibility index (Phi) is 4.68. The molecule has 1 atom stereocenters. The highest BCUT2D eigenvalue weighted by molar-refractivity contribution is 8.00. The molecule has 1 heterocycles. The molecule has 2 aromatic rings. The molecule has 0 aliphatic heterocycles. The van der Waals surface area contributed by atoms with Crippen LogP contribution in [0.4, 0.5) is 0 Å². The fourth-order valence-electron chi connectivity index (χ4n) is 6.42. The second-order valence-electron chi connectivity index (χ2n) is 9.37. The quantitative estimate of drug-likeness (QED) is 0.661. The number of rotatable bonds is 6. The van der Waals surface area contributed by atoms with E-state index in [0.717, 1.165) is 48.3 Å². The highest BCUT2D eigenvalue weighted by Gasteiger charge is 2.55. The molecule has 4 aliphatic rings. The third-order valence-corrected chi connectivity index (χ3v) is 8.25. The number of carbonyl (C=O) groups is 1. The van der Waals surface area contributed by atoms with Gasteiger partial charge >= 0.3 is 0 Å². The van der Waals surface area contributed by atoms with E-state index in [0.29, 0.717) is 16.7 Å². The zero-order valence-electron chi connectivity index (χ0n) is 17.3. The van der Waals surface area contributed by atoms with Gasteiger partial charge in [-0.1, -0.05) is 17.8 Å². The van der Waals surface area contributed by atoms with Crippen LogP contribution < -0.4 is 4.74 Å². The summed E-state index contributed by atoms with van der Waals surface area (Å²) < 4.78 is 7.20. The first-order chi connectivity index (χ1) is 14.0. The van der Waals surface area contributed by atoms with E-state index in [1.807, 2.05) is 32.0 Å². The zero-order chi connectivity index (χ0) is 20.2. The Labute approximate surface area is 175 Å². The first kappa shape index (κ1) is 19.1. The van der Waals surface area contributed by atoms with Crippen molar-refractivity contribution in [2.75, 3.05) is 7.11 Å². The maximum Gasteiger partial charge on any atom is 0.214 e. The van der Waals surface area contributed by atoms with Gasteiger partial charge in [0.1, 0.15) is 11.4 Å². The molecule has 0 N–H and O–H groups in total. The number of aryl methyl sites for hydroxylation is 1. The van der Waals surface area contributed by atoms with Crippen molar-refractivity contribution in [2.45, 2.75) is 62.8 Å². The van der Waals surface area contributed by atoms with Gasteiger partial charge in [-0.05, 0) is 98.2 Å². The number of nitrogens with zero attached hydrogens (tertiary/aromatic N) is 4. The molecule has 6 rings (SSSR count). The van der Waals surface area contributed by atoms with Crippen LogP contribution in [-0.4, -0.2) is 38.4 Å². The van der Waals surface area contributed by atoms with E-state index in [1.165, 1.54) is 31.0 Å². The molecule has 154 valence electrons. The minimum absolute atomic E-state index is 0.0968. The lowest BCUT2D eigenvalue weighted by molar-refractivity contribution is -0.142. The summed E-state index contributed by atoms with van der Waals surface area (Å²) in [5.74, 6) is 3.43. The standard InChI is InChI=1S/C22H28N4O2S/c1-13-4-5-19(28-3)18(6-13)26-21(23-24-25-26)29-14(2)20(27)22-10-15-7-16(11-22)9-17(8-15)12-22/h4-6,14-17H,7-12H2,1-3H3. The molecule has 4 aliphatic carbocycles. The average Bonchev–Trinajstić information content (AvgIpc) is 3.14. The summed E-state index contributed by atoms with van der Waals surface area (Å²) in [6.45, 7) is 4.05. The number of hydrogen-bond acceptors (Lipinski definition) is 6. The third kappa shape index (κ3) is 3.27. The predicted molar refractivity (Wildman–Crippen MR) is 111 cm³/mol. The smallest absolute Gasteiger partial charge is 0.214 e. The number of ether oxygens (including phenoxy) is 1. The second-order valence-corrected chi connectivity index (χ2v) is 10.7. The van der Waals surface area contributed by atoms with Gasteiger partial charge in [0.15, 0.2) is 5.78 Å². The van der Waals surface area contributed by atoms with Crippen molar-refractivity contribution in [3.05, 3.63) is 23.8 Å². The Morgan fingerprint density at radius 3 is 2.48 bits per heavy atom. The Hall–Kier alpha value is -1.89. The maximum absolute atomic E-state index is 13.6. The number of methoxy groups -OCH3 is 1. The molecule has 29 heavy (non-hydrogen) atoms. The fraction of sp³-hybridized carbons (Fsp3) is 0.636. The van der Waals surface area contributed by atoms with Crippen LogP contribution in [0.3, 0.4) is 0 Å². The summed E-state index contributed by atoms with van der Waals surface area (Å²) in [5, 5.41) is 12.8. The van der Waals surface area contributed by atoms with Crippen molar-refractivity contribution in [2.24, 2.45) is 23.2 Å². The number of ketones is 1. The minimum atomic E-state index is -0.160. The average molecular weight is 413 g/mol. The van der Waals surface area contributed by atoms with E-state index >= 15 is 0 Å². The lowest BCUT2D eigenvalue weighted by Gasteiger charge is -2.56. The Balaban J connectivity index is 1.39. The van der Waals surface area contributed by atoms with Crippen LogP contribution in [0, 0.1) is 30.1 Å². The van der Waals surface area contributed by atoms with Crippen molar-refractivity contribution in [1.29, 1.82) is 0 Å². The summed E-state index contributed by atoms with van der Waals surface area (Å²) in [7, 11) is 1.64. The van der Waals surface area contributed by atoms with Crippen molar-refractivity contribution in [3.63, 3.8) is 0 Å². The summed E-state index contributed by atoms with van der Waals surface area (Å²) in [4.78, 5) is 13.6. The van der Waals surface area contributed by atoms with Gasteiger partial charge in [0.25, 0.3) is 0 Å². The number of hydrogen-bond donors (Lipinski definition) is 0. The first-order valence-corrected chi connectivity index (χ1v) is 11.5. The number of benzene rings is 1. The monoisotopic (exact) mass is 412 g/mol. The van der Waals surface area contributed by atoms with E-state index in [1.54, 1.807) is 11.8 Å². The van der Waals surface area contributed by atoms with Crippen molar-refractivity contribution in [1.82, 2.24) is 20.2 Å². The van der Waals surface area contributed by atoms with E-state index in [2.05, 4.69) is 15.5 Å². The van der Waals surface area contributed by atoms with Gasteiger partial charge in [-0.25, -0.2) is 0 Å². The molecule has 4 bridgehead atoms. The van der Waals surface area contributed by atoms with Gasteiger partial charge in [0.2, 0.25) is 5.16 Å². The van der Waals surface area contributed by atoms with Crippen LogP contribution in [0.2, 0.25) is 0 Å². The molecular formula is C22H28N4O2S. The van der Waals surface area contributed by atoms with Crippen LogP contribution in [0.5, 0.6) is 5.75 Å². The molecule has 0 saturated heterocycles. The van der Waals surface area contributed by atoms with Crippen LogP contribution in [-0.2, 0) is 4.79 Å². The first-order valence-electron chi connectivity index (χ1n) is 10.6. The van der Waals surface area contributed by atoms with Gasteiger partial charge < -0.3 is 4.74 Å². The normalized spacial score (nSPS) is 31.1. The highest BCUT2D eigenvalue weighted by atomic mass is 32.2. The van der Waals surface area contributed by atoms with Crippen LogP contribution in [0.15, 0.2) is 23.4 Å². The van der Waals surface area contributed by atoms with Gasteiger partial charge in [0.05, 0.1) is 12.4 Å². The number of aromatic nitrogens is 4. The van der Waals surface area contributed by atoms with Crippen molar-refractivity contribution < 1.29 is 9.53 Å². The number of thioether (sulfide) groups is 1. The molecule has 1 aromatic carbocycles. The summed E-state index contributed by atoms with van der Waals surface area (Å²) in [6, 6.07) is 5.92. The number of Topliss-reactive ketones (excluding diaryl/α,β-unsaturated/α-hetero) is 1. The maximum atomic E-state index is 13.6. The summed E-state index contributed by atoms with van der Waals surface area (Å²) in [5.41, 5.74) is 1.81. The lowest BCUT2D eigenvalue weighted by Crippen LogP contribution is -2.51. The van der Waals surface area contributed by atoms with E-state index in [9.17, 15) is 4.79 Å². The largest absolute Gasteiger partial charge is 0.494 e. The fourth-order valence-corrected chi connectivity index (χ4v) is 7.42. The Bertz CT molecular complexity index is 905. The highest BCUT2D eigenvalue weighted by Crippen LogP contribution is 2.61. The molecule has 1 unspecified atom stereocenters. The van der Waals surface area contributed by atoms with Crippen LogP contribution >= 0.6 is 11.8 Å². The number of carbonyl (C=O) groups excluding carboxylic acids is 1. The van der Waals surface area contributed by atoms with E-state index < -0.39 is 0 Å². The topological polar surface area (TPSA) is 69.9 Å². The molecule has 4 saturated carbocycles. The number of tetrazole rings is 1. The molecule has 7 heteroatoms. The van der Waals surface area contributed by atoms with E-state index in [-0.39, 0.29) is 10.7 Å². The van der Waals surface area contributed by atoms with Crippen LogP contribution in [0.25, 0.3) is 5.69 Å². The minimum Gasteiger partial charge on any atom is -0.494 e. The van der Waals surface area contributed by atoms with Gasteiger partial charge in [-0.15, -0.1) is 5.10 Å². The third-order valence-electron chi connectivity index (χ3n) is 7.22. The van der Waals surface area contributed by atoms with Crippen molar-refractivity contribution in [3.8, 4) is 11.4 Å². The van der Waals surface area contributed by atoms with Gasteiger partial charge in [-0.2, -0.15) is 4.68 Å². The van der Waals surface area contributed by atoms with Crippen LogP contribution in [0.1, 0.15) is 51.0 Å². The summed E-state index contributed by atoms with van der Waals surface area (Å²) in [6.07, 6.45) is 7.33. The predicted octanol–water partition coefficient (Wildman–Crippen LogP) is 4.25. The molecular weight excluding hydrogens is 384 g/mol. The zero-order valence-corrected chi connectivity index (χ0v) is 18.1. The van der Waals surface area contributed by atoms with E-state index in [4.69, 9.17) is 4.74 Å². The second kappa shape index (κ2) is 7.11.